The Bertz CT molecular complexity index is 433. The maximum Gasteiger partial charge on any atom is 0.417 e. The van der Waals surface area contributed by atoms with Crippen LogP contribution >= 0.6 is 15.9 Å². The van der Waals surface area contributed by atoms with Crippen LogP contribution < -0.4 is 0 Å². The summed E-state index contributed by atoms with van der Waals surface area (Å²) >= 11 is 2.75. The average Bonchev–Trinajstić information content (AvgIpc) is 2.14. The second kappa shape index (κ2) is 4.38. The molecule has 0 aliphatic carbocycles. The van der Waals surface area contributed by atoms with Crippen molar-refractivity contribution in [3.8, 4) is 0 Å². The van der Waals surface area contributed by atoms with Crippen LogP contribution in [0.1, 0.15) is 11.1 Å². The zero-order valence-corrected chi connectivity index (χ0v) is 9.17. The third kappa shape index (κ3) is 2.50. The highest BCUT2D eigenvalue weighted by molar-refractivity contribution is 9.10. The summed E-state index contributed by atoms with van der Waals surface area (Å²) in [6.07, 6.45) is -4.74. The van der Waals surface area contributed by atoms with E-state index >= 15 is 0 Å². The largest absolute Gasteiger partial charge is 0.417 e. The Labute approximate surface area is 96.0 Å². The number of rotatable bonds is 2. The Morgan fingerprint density at radius 3 is 2.38 bits per heavy atom. The van der Waals surface area contributed by atoms with Gasteiger partial charge >= 0.3 is 6.18 Å². The molecule has 1 aromatic rings. The molecule has 0 saturated carbocycles. The van der Waals surface area contributed by atoms with E-state index in [4.69, 9.17) is 5.11 Å². The third-order valence-electron chi connectivity index (χ3n) is 1.85. The van der Waals surface area contributed by atoms with Crippen molar-refractivity contribution < 1.29 is 23.2 Å². The average molecular weight is 300 g/mol. The molecule has 0 aliphatic heterocycles. The fraction of sp³-hybridized carbons (Fsp3) is 0.250. The van der Waals surface area contributed by atoms with E-state index in [0.29, 0.717) is 6.07 Å². The topological polar surface area (TPSA) is 63.4 Å². The Morgan fingerprint density at radius 2 is 2.00 bits per heavy atom. The van der Waals surface area contributed by atoms with Crippen molar-refractivity contribution in [3.63, 3.8) is 0 Å². The molecule has 0 fully saturated rings. The monoisotopic (exact) mass is 299 g/mol. The second-order valence-electron chi connectivity index (χ2n) is 2.87. The van der Waals surface area contributed by atoms with Crippen LogP contribution in [0.4, 0.5) is 18.9 Å². The molecule has 8 heteroatoms. The first kappa shape index (κ1) is 12.9. The van der Waals surface area contributed by atoms with Crippen molar-refractivity contribution in [2.45, 2.75) is 12.8 Å². The Morgan fingerprint density at radius 1 is 1.44 bits per heavy atom. The van der Waals surface area contributed by atoms with Gasteiger partial charge in [0.05, 0.1) is 17.1 Å². The molecule has 1 aromatic carbocycles. The summed E-state index contributed by atoms with van der Waals surface area (Å²) in [5.41, 5.74) is -2.31. The molecule has 88 valence electrons. The number of hydrogen-bond donors (Lipinski definition) is 1. The minimum atomic E-state index is -4.74. The maximum absolute atomic E-state index is 12.5. The molecule has 0 amide bonds. The van der Waals surface area contributed by atoms with Crippen LogP contribution in [0.5, 0.6) is 0 Å². The van der Waals surface area contributed by atoms with Crippen LogP contribution in [0.3, 0.4) is 0 Å². The van der Waals surface area contributed by atoms with E-state index < -0.39 is 34.5 Å². The fourth-order valence-electron chi connectivity index (χ4n) is 1.14. The summed E-state index contributed by atoms with van der Waals surface area (Å²) in [6, 6.07) is 1.32. The van der Waals surface area contributed by atoms with E-state index in [1.165, 1.54) is 0 Å². The lowest BCUT2D eigenvalue weighted by atomic mass is 10.1. The highest BCUT2D eigenvalue weighted by Crippen LogP contribution is 2.37. The second-order valence-corrected chi connectivity index (χ2v) is 3.72. The van der Waals surface area contributed by atoms with Crippen LogP contribution in [-0.4, -0.2) is 10.0 Å². The van der Waals surface area contributed by atoms with Crippen LogP contribution in [0, 0.1) is 10.1 Å². The number of nitro benzene ring substituents is 1. The van der Waals surface area contributed by atoms with Crippen LogP contribution in [-0.2, 0) is 12.8 Å². The van der Waals surface area contributed by atoms with Gasteiger partial charge < -0.3 is 5.11 Å². The molecule has 0 aliphatic rings. The first-order chi connectivity index (χ1) is 7.27. The maximum atomic E-state index is 12.5. The molecule has 16 heavy (non-hydrogen) atoms. The van der Waals surface area contributed by atoms with Gasteiger partial charge in [-0.15, -0.1) is 0 Å². The van der Waals surface area contributed by atoms with Crippen molar-refractivity contribution in [1.29, 1.82) is 0 Å². The Balaban J connectivity index is 3.49. The minimum absolute atomic E-state index is 0.142. The molecular weight excluding hydrogens is 295 g/mol. The number of halogens is 4. The van der Waals surface area contributed by atoms with Crippen molar-refractivity contribution in [3.05, 3.63) is 37.8 Å². The molecular formula is C8H5BrF3NO3. The van der Waals surface area contributed by atoms with E-state index in [9.17, 15) is 23.3 Å². The number of benzene rings is 1. The number of hydrogen-bond acceptors (Lipinski definition) is 3. The number of aliphatic hydroxyl groups excluding tert-OH is 1. The van der Waals surface area contributed by atoms with Crippen LogP contribution in [0.15, 0.2) is 16.6 Å². The summed E-state index contributed by atoms with van der Waals surface area (Å²) in [5, 5.41) is 19.2. The summed E-state index contributed by atoms with van der Waals surface area (Å²) in [7, 11) is 0. The number of alkyl halides is 3. The molecule has 0 heterocycles. The van der Waals surface area contributed by atoms with Crippen molar-refractivity contribution in [2.75, 3.05) is 0 Å². The normalized spacial score (nSPS) is 11.6. The SMILES string of the molecule is O=[N+]([O-])c1cc(Br)c(CO)c(C(F)(F)F)c1. The molecule has 1 rings (SSSR count). The highest BCUT2D eigenvalue weighted by atomic mass is 79.9. The molecule has 0 aromatic heterocycles. The zero-order valence-electron chi connectivity index (χ0n) is 7.58. The number of nitro groups is 1. The standard InChI is InChI=1S/C8H5BrF3NO3/c9-7-2-4(13(15)16)1-6(5(7)3-14)8(10,11)12/h1-2,14H,3H2. The van der Waals surface area contributed by atoms with Crippen LogP contribution in [0.2, 0.25) is 0 Å². The van der Waals surface area contributed by atoms with Gasteiger partial charge in [-0.1, -0.05) is 15.9 Å². The Hall–Kier alpha value is -1.15. The van der Waals surface area contributed by atoms with Gasteiger partial charge in [0.1, 0.15) is 0 Å². The van der Waals surface area contributed by atoms with Gasteiger partial charge in [0.15, 0.2) is 0 Å². The summed E-state index contributed by atoms with van der Waals surface area (Å²) in [6.45, 7) is -0.854. The smallest absolute Gasteiger partial charge is 0.392 e. The summed E-state index contributed by atoms with van der Waals surface area (Å²) in [5.74, 6) is 0. The molecule has 0 spiro atoms. The number of aliphatic hydroxyl groups is 1. The van der Waals surface area contributed by atoms with E-state index in [1.54, 1.807) is 0 Å². The lowest BCUT2D eigenvalue weighted by Crippen LogP contribution is -2.10. The number of non-ortho nitro benzene ring substituents is 1. The molecule has 1 N–H and O–H groups in total. The minimum Gasteiger partial charge on any atom is -0.392 e. The predicted molar refractivity (Wildman–Crippen MR) is 51.7 cm³/mol. The molecule has 0 saturated heterocycles. The first-order valence-electron chi connectivity index (χ1n) is 3.92. The van der Waals surface area contributed by atoms with Gasteiger partial charge in [-0.05, 0) is 0 Å². The molecule has 0 radical (unpaired) electrons. The van der Waals surface area contributed by atoms with Gasteiger partial charge in [0.2, 0.25) is 0 Å². The summed E-state index contributed by atoms with van der Waals surface area (Å²) < 4.78 is 37.4. The van der Waals surface area contributed by atoms with Gasteiger partial charge in [-0.2, -0.15) is 13.2 Å². The summed E-state index contributed by atoms with van der Waals surface area (Å²) in [4.78, 5) is 9.46. The Kier molecular flexibility index (Phi) is 3.54. The van der Waals surface area contributed by atoms with E-state index in [0.717, 1.165) is 6.07 Å². The molecule has 0 unspecified atom stereocenters. The van der Waals surface area contributed by atoms with E-state index in [2.05, 4.69) is 15.9 Å². The fourth-order valence-corrected chi connectivity index (χ4v) is 1.71. The lowest BCUT2D eigenvalue weighted by molar-refractivity contribution is -0.385. The lowest BCUT2D eigenvalue weighted by Gasteiger charge is -2.12. The predicted octanol–water partition coefficient (Wildman–Crippen LogP) is 2.87. The van der Waals surface area contributed by atoms with Gasteiger partial charge in [0, 0.05) is 22.2 Å². The molecule has 0 bridgehead atoms. The third-order valence-corrected chi connectivity index (χ3v) is 2.56. The quantitative estimate of drug-likeness (QED) is 0.674. The van der Waals surface area contributed by atoms with Gasteiger partial charge in [-0.3, -0.25) is 10.1 Å². The van der Waals surface area contributed by atoms with Crippen molar-refractivity contribution >= 4 is 21.6 Å². The van der Waals surface area contributed by atoms with Crippen LogP contribution in [0.25, 0.3) is 0 Å². The van der Waals surface area contributed by atoms with Gasteiger partial charge in [-0.25, -0.2) is 0 Å². The first-order valence-corrected chi connectivity index (χ1v) is 4.71. The van der Waals surface area contributed by atoms with E-state index in [-0.39, 0.29) is 4.47 Å². The number of nitrogens with zero attached hydrogens (tertiary/aromatic N) is 1. The zero-order chi connectivity index (χ0) is 12.5. The highest BCUT2D eigenvalue weighted by Gasteiger charge is 2.36. The van der Waals surface area contributed by atoms with E-state index in [1.807, 2.05) is 0 Å². The van der Waals surface area contributed by atoms with Crippen molar-refractivity contribution in [2.24, 2.45) is 0 Å². The molecule has 0 atom stereocenters. The van der Waals surface area contributed by atoms with Crippen molar-refractivity contribution in [1.82, 2.24) is 0 Å². The van der Waals surface area contributed by atoms with Gasteiger partial charge in [0.25, 0.3) is 5.69 Å². The molecule has 4 nitrogen and oxygen atoms in total.